The van der Waals surface area contributed by atoms with Gasteiger partial charge in [-0.2, -0.15) is 0 Å². The maximum atomic E-state index is 11.2. The number of oxazole rings is 1. The van der Waals surface area contributed by atoms with E-state index in [2.05, 4.69) is 9.98 Å². The summed E-state index contributed by atoms with van der Waals surface area (Å²) in [5.41, 5.74) is 2.44. The molecule has 0 fully saturated rings. The van der Waals surface area contributed by atoms with Gasteiger partial charge in [-0.1, -0.05) is 35.9 Å². The third-order valence-corrected chi connectivity index (χ3v) is 5.67. The van der Waals surface area contributed by atoms with Crippen LogP contribution in [0.1, 0.15) is 5.56 Å². The van der Waals surface area contributed by atoms with Crippen molar-refractivity contribution in [2.45, 2.75) is 0 Å². The number of aromatic nitrogens is 1. The molecule has 0 aliphatic rings. The molecular formula is C25H16ClN3O5. The van der Waals surface area contributed by atoms with E-state index in [0.29, 0.717) is 27.7 Å². The number of phenolic OH excluding ortho intramolecular Hbond substituents is 1. The van der Waals surface area contributed by atoms with E-state index in [0.717, 1.165) is 22.4 Å². The third kappa shape index (κ3) is 3.80. The van der Waals surface area contributed by atoms with E-state index < -0.39 is 4.92 Å². The highest BCUT2D eigenvalue weighted by Gasteiger charge is 2.16. The van der Waals surface area contributed by atoms with E-state index in [4.69, 9.17) is 20.8 Å². The highest BCUT2D eigenvalue weighted by atomic mass is 35.5. The van der Waals surface area contributed by atoms with Gasteiger partial charge in [0.25, 0.3) is 5.69 Å². The quantitative estimate of drug-likeness (QED) is 0.173. The van der Waals surface area contributed by atoms with E-state index in [1.165, 1.54) is 19.4 Å². The van der Waals surface area contributed by atoms with Crippen molar-refractivity contribution in [1.29, 1.82) is 0 Å². The zero-order chi connectivity index (χ0) is 23.8. The van der Waals surface area contributed by atoms with Gasteiger partial charge in [-0.3, -0.25) is 15.1 Å². The van der Waals surface area contributed by atoms with E-state index in [1.54, 1.807) is 18.2 Å². The summed E-state index contributed by atoms with van der Waals surface area (Å²) in [6.45, 7) is 0. The summed E-state index contributed by atoms with van der Waals surface area (Å²) < 4.78 is 11.0. The van der Waals surface area contributed by atoms with Crippen LogP contribution in [0, 0.1) is 10.1 Å². The standard InChI is InChI=1S/C25H16ClN3O5/c1-33-23-12-16(29(31)32)10-14(24(23)30)13-27-15-8-9-22-21(11-15)28-25(34-22)19-6-2-5-18-17(19)4-3-7-20(18)26/h2-13,30H,1H3. The molecule has 0 unspecified atom stereocenters. The van der Waals surface area contributed by atoms with Crippen molar-refractivity contribution in [3.63, 3.8) is 0 Å². The van der Waals surface area contributed by atoms with Crippen molar-refractivity contribution in [1.82, 2.24) is 4.98 Å². The summed E-state index contributed by atoms with van der Waals surface area (Å²) in [6, 6.07) is 19.0. The van der Waals surface area contributed by atoms with E-state index in [9.17, 15) is 15.2 Å². The highest BCUT2D eigenvalue weighted by molar-refractivity contribution is 6.35. The van der Waals surface area contributed by atoms with Crippen LogP contribution in [0.15, 0.2) is 76.1 Å². The second-order valence-corrected chi connectivity index (χ2v) is 7.82. The minimum Gasteiger partial charge on any atom is -0.504 e. The number of halogens is 1. The molecule has 0 radical (unpaired) electrons. The van der Waals surface area contributed by atoms with Crippen molar-refractivity contribution >= 4 is 51.1 Å². The molecule has 0 spiro atoms. The van der Waals surface area contributed by atoms with Crippen molar-refractivity contribution in [2.24, 2.45) is 4.99 Å². The molecule has 0 bridgehead atoms. The SMILES string of the molecule is COc1cc([N+](=O)[O-])cc(C=Nc2ccc3oc(-c4cccc5c(Cl)cccc45)nc3c2)c1O. The number of aliphatic imine (C=N–C) groups is 1. The first-order valence-electron chi connectivity index (χ1n) is 10.1. The molecule has 8 nitrogen and oxygen atoms in total. The average Bonchev–Trinajstić information content (AvgIpc) is 3.26. The number of aromatic hydroxyl groups is 1. The van der Waals surface area contributed by atoms with Gasteiger partial charge in [0.05, 0.1) is 23.8 Å². The van der Waals surface area contributed by atoms with E-state index in [1.807, 2.05) is 36.4 Å². The van der Waals surface area contributed by atoms with Crippen LogP contribution < -0.4 is 4.74 Å². The van der Waals surface area contributed by atoms with Gasteiger partial charge in [0.15, 0.2) is 17.1 Å². The number of hydrogen-bond donors (Lipinski definition) is 1. The molecule has 4 aromatic carbocycles. The Kier molecular flexibility index (Phi) is 5.35. The average molecular weight is 474 g/mol. The normalized spacial score (nSPS) is 11.5. The molecule has 5 rings (SSSR count). The van der Waals surface area contributed by atoms with Crippen LogP contribution in [0.25, 0.3) is 33.3 Å². The predicted molar refractivity (Wildman–Crippen MR) is 131 cm³/mol. The minimum atomic E-state index is -0.567. The number of benzene rings is 4. The Labute approximate surface area is 197 Å². The van der Waals surface area contributed by atoms with E-state index >= 15 is 0 Å². The van der Waals surface area contributed by atoms with Crippen LogP contribution in [-0.2, 0) is 0 Å². The number of fused-ring (bicyclic) bond motifs is 2. The number of non-ortho nitro benzene ring substituents is 1. The number of rotatable bonds is 5. The monoisotopic (exact) mass is 473 g/mol. The van der Waals surface area contributed by atoms with Crippen LogP contribution in [0.3, 0.4) is 0 Å². The summed E-state index contributed by atoms with van der Waals surface area (Å²) in [5, 5.41) is 24.0. The molecule has 0 aliphatic carbocycles. The molecule has 0 atom stereocenters. The second kappa shape index (κ2) is 8.49. The fraction of sp³-hybridized carbons (Fsp3) is 0.0400. The van der Waals surface area contributed by atoms with E-state index in [-0.39, 0.29) is 22.7 Å². The largest absolute Gasteiger partial charge is 0.504 e. The highest BCUT2D eigenvalue weighted by Crippen LogP contribution is 2.35. The lowest BCUT2D eigenvalue weighted by Gasteiger charge is -2.05. The molecule has 1 aromatic heterocycles. The summed E-state index contributed by atoms with van der Waals surface area (Å²) >= 11 is 6.33. The Balaban J connectivity index is 1.53. The lowest BCUT2D eigenvalue weighted by Crippen LogP contribution is -1.94. The molecule has 34 heavy (non-hydrogen) atoms. The van der Waals surface area contributed by atoms with Gasteiger partial charge in [-0.05, 0) is 35.7 Å². The number of hydrogen-bond acceptors (Lipinski definition) is 7. The molecular weight excluding hydrogens is 458 g/mol. The first-order valence-corrected chi connectivity index (χ1v) is 10.5. The Morgan fingerprint density at radius 2 is 1.91 bits per heavy atom. The molecule has 168 valence electrons. The summed E-state index contributed by atoms with van der Waals surface area (Å²) in [4.78, 5) is 19.6. The molecule has 5 aromatic rings. The maximum Gasteiger partial charge on any atom is 0.274 e. The number of nitrogens with zero attached hydrogens (tertiary/aromatic N) is 3. The molecule has 9 heteroatoms. The fourth-order valence-electron chi connectivity index (χ4n) is 3.69. The number of nitro benzene ring substituents is 1. The van der Waals surface area contributed by atoms with Gasteiger partial charge >= 0.3 is 0 Å². The van der Waals surface area contributed by atoms with Crippen LogP contribution in [0.5, 0.6) is 11.5 Å². The van der Waals surface area contributed by atoms with Gasteiger partial charge in [0.2, 0.25) is 5.89 Å². The summed E-state index contributed by atoms with van der Waals surface area (Å²) in [5.74, 6) is 0.198. The van der Waals surface area contributed by atoms with Crippen molar-refractivity contribution < 1.29 is 19.2 Å². The van der Waals surface area contributed by atoms with Crippen molar-refractivity contribution in [3.05, 3.63) is 87.4 Å². The fourth-order valence-corrected chi connectivity index (χ4v) is 3.92. The Bertz CT molecular complexity index is 1610. The predicted octanol–water partition coefficient (Wildman–Crippen LogP) is 6.67. The second-order valence-electron chi connectivity index (χ2n) is 7.41. The zero-order valence-corrected chi connectivity index (χ0v) is 18.5. The molecule has 1 heterocycles. The Morgan fingerprint density at radius 3 is 2.71 bits per heavy atom. The first-order chi connectivity index (χ1) is 16.4. The summed E-state index contributed by atoms with van der Waals surface area (Å²) in [7, 11) is 1.32. The zero-order valence-electron chi connectivity index (χ0n) is 17.7. The number of methoxy groups -OCH3 is 1. The van der Waals surface area contributed by atoms with Gasteiger partial charge in [0, 0.05) is 33.8 Å². The van der Waals surface area contributed by atoms with Crippen molar-refractivity contribution in [3.8, 4) is 23.0 Å². The maximum absolute atomic E-state index is 11.2. The summed E-state index contributed by atoms with van der Waals surface area (Å²) in [6.07, 6.45) is 1.33. The lowest BCUT2D eigenvalue weighted by atomic mass is 10.0. The minimum absolute atomic E-state index is 0.0116. The molecule has 0 saturated heterocycles. The third-order valence-electron chi connectivity index (χ3n) is 5.34. The van der Waals surface area contributed by atoms with Crippen LogP contribution in [0.2, 0.25) is 5.02 Å². The van der Waals surface area contributed by atoms with Gasteiger partial charge in [-0.15, -0.1) is 0 Å². The van der Waals surface area contributed by atoms with Crippen LogP contribution >= 0.6 is 11.6 Å². The van der Waals surface area contributed by atoms with Gasteiger partial charge in [0.1, 0.15) is 5.52 Å². The Hall–Kier alpha value is -4.43. The van der Waals surface area contributed by atoms with Gasteiger partial charge in [-0.25, -0.2) is 4.98 Å². The van der Waals surface area contributed by atoms with Crippen molar-refractivity contribution in [2.75, 3.05) is 7.11 Å². The lowest BCUT2D eigenvalue weighted by molar-refractivity contribution is -0.385. The van der Waals surface area contributed by atoms with Crippen LogP contribution in [-0.4, -0.2) is 28.3 Å². The number of ether oxygens (including phenoxy) is 1. The molecule has 0 amide bonds. The smallest absolute Gasteiger partial charge is 0.274 e. The number of phenols is 1. The molecule has 1 N–H and O–H groups in total. The first kappa shape index (κ1) is 21.4. The van der Waals surface area contributed by atoms with Gasteiger partial charge < -0.3 is 14.3 Å². The Morgan fingerprint density at radius 1 is 1.12 bits per heavy atom. The molecule has 0 aliphatic heterocycles. The van der Waals surface area contributed by atoms with Crippen LogP contribution in [0.4, 0.5) is 11.4 Å². The molecule has 0 saturated carbocycles. The number of nitro groups is 1. The topological polar surface area (TPSA) is 111 Å².